The number of hydrogen-bond donors (Lipinski definition) is 2. The number of fused-ring (bicyclic) bond motifs is 2. The van der Waals surface area contributed by atoms with Gasteiger partial charge in [0.1, 0.15) is 17.2 Å². The smallest absolute Gasteiger partial charge is 0.414 e. The number of carbonyl (C=O) groups excluding carboxylic acids is 3. The molecule has 2 amide bonds. The zero-order valence-corrected chi connectivity index (χ0v) is 23.4. The summed E-state index contributed by atoms with van der Waals surface area (Å²) >= 11 is 0. The number of nitrogens with zero attached hydrogens (tertiary/aromatic N) is 2. The summed E-state index contributed by atoms with van der Waals surface area (Å²) in [6.45, 7) is 10.0. The summed E-state index contributed by atoms with van der Waals surface area (Å²) in [7, 11) is -4.24. The van der Waals surface area contributed by atoms with Crippen molar-refractivity contribution in [3.63, 3.8) is 0 Å². The van der Waals surface area contributed by atoms with Crippen LogP contribution in [-0.2, 0) is 29.2 Å². The Morgan fingerprint density at radius 2 is 1.87 bits per heavy atom. The molecule has 3 unspecified atom stereocenters. The summed E-state index contributed by atoms with van der Waals surface area (Å²) in [6, 6.07) is 4.72. The van der Waals surface area contributed by atoms with E-state index < -0.39 is 33.0 Å². The minimum absolute atomic E-state index is 0.189. The Morgan fingerprint density at radius 3 is 2.38 bits per heavy atom. The number of halogens is 1. The van der Waals surface area contributed by atoms with Crippen molar-refractivity contribution >= 4 is 39.3 Å². The van der Waals surface area contributed by atoms with Crippen LogP contribution in [0.15, 0.2) is 18.2 Å². The maximum atomic E-state index is 14.4. The zero-order valence-electron chi connectivity index (χ0n) is 22.6. The highest BCUT2D eigenvalue weighted by Crippen LogP contribution is 2.64. The summed E-state index contributed by atoms with van der Waals surface area (Å²) in [4.78, 5) is 38.2. The Labute approximate surface area is 227 Å². The second-order valence-electron chi connectivity index (χ2n) is 11.3. The highest BCUT2D eigenvalue weighted by molar-refractivity contribution is 7.87. The van der Waals surface area contributed by atoms with Crippen molar-refractivity contribution in [1.29, 1.82) is 0 Å². The second kappa shape index (κ2) is 10.7. The van der Waals surface area contributed by atoms with Gasteiger partial charge in [-0.2, -0.15) is 8.42 Å². The quantitative estimate of drug-likeness (QED) is 0.511. The van der Waals surface area contributed by atoms with E-state index >= 15 is 0 Å². The van der Waals surface area contributed by atoms with Gasteiger partial charge >= 0.3 is 6.09 Å². The molecule has 0 aromatic heterocycles. The van der Waals surface area contributed by atoms with Gasteiger partial charge in [0, 0.05) is 25.4 Å². The van der Waals surface area contributed by atoms with E-state index in [0.29, 0.717) is 44.1 Å². The number of carbonyl (C=O) groups is 3. The third-order valence-corrected chi connectivity index (χ3v) is 10.0. The Balaban J connectivity index is 0.000000202. The van der Waals surface area contributed by atoms with Gasteiger partial charge in [0.15, 0.2) is 5.78 Å². The van der Waals surface area contributed by atoms with Crippen LogP contribution in [0.4, 0.5) is 20.6 Å². The van der Waals surface area contributed by atoms with Crippen LogP contribution in [0.5, 0.6) is 0 Å². The van der Waals surface area contributed by atoms with Crippen LogP contribution in [0.3, 0.4) is 0 Å². The molecule has 4 atom stereocenters. The van der Waals surface area contributed by atoms with Crippen LogP contribution in [0, 0.1) is 22.6 Å². The molecule has 2 aliphatic heterocycles. The molecule has 5 rings (SSSR count). The summed E-state index contributed by atoms with van der Waals surface area (Å²) in [6.07, 6.45) is 0.460. The number of Topliss-reactive ketones (excluding diaryl/α,β-unsaturated/α-hetero) is 1. The molecule has 11 nitrogen and oxygen atoms in total. The lowest BCUT2D eigenvalue weighted by Crippen LogP contribution is -2.38. The molecule has 1 aromatic rings. The third-order valence-electron chi connectivity index (χ3n) is 8.84. The van der Waals surface area contributed by atoms with E-state index in [2.05, 4.69) is 5.32 Å². The number of morpholine rings is 1. The largest absolute Gasteiger partial charge is 0.442 e. The maximum Gasteiger partial charge on any atom is 0.414 e. The van der Waals surface area contributed by atoms with Gasteiger partial charge in [-0.15, -0.1) is 0 Å². The van der Waals surface area contributed by atoms with E-state index in [9.17, 15) is 27.2 Å². The van der Waals surface area contributed by atoms with Crippen molar-refractivity contribution in [2.75, 3.05) is 49.2 Å². The van der Waals surface area contributed by atoms with E-state index in [1.165, 1.54) is 17.9 Å². The molecule has 2 saturated carbocycles. The average molecular weight is 570 g/mol. The van der Waals surface area contributed by atoms with Crippen molar-refractivity contribution in [2.24, 2.45) is 16.7 Å². The topological polar surface area (TPSA) is 143 Å². The molecule has 216 valence electrons. The first kappa shape index (κ1) is 29.2. The fourth-order valence-corrected chi connectivity index (χ4v) is 7.59. The summed E-state index contributed by atoms with van der Waals surface area (Å²) in [5, 5.41) is 1.42. The lowest BCUT2D eigenvalue weighted by atomic mass is 9.70. The van der Waals surface area contributed by atoms with E-state index in [1.54, 1.807) is 12.1 Å². The van der Waals surface area contributed by atoms with E-state index in [1.807, 2.05) is 25.7 Å². The first-order valence-corrected chi connectivity index (χ1v) is 14.5. The molecule has 39 heavy (non-hydrogen) atoms. The van der Waals surface area contributed by atoms with Gasteiger partial charge in [-0.1, -0.05) is 20.8 Å². The number of amides is 2. The van der Waals surface area contributed by atoms with Crippen molar-refractivity contribution in [2.45, 2.75) is 51.9 Å². The fraction of sp³-hybridized carbons (Fsp3) is 0.654. The van der Waals surface area contributed by atoms with Gasteiger partial charge in [-0.05, 0) is 42.4 Å². The van der Waals surface area contributed by atoms with Crippen molar-refractivity contribution < 1.29 is 41.2 Å². The van der Waals surface area contributed by atoms with Gasteiger partial charge in [-0.25, -0.2) is 9.18 Å². The first-order valence-electron chi connectivity index (χ1n) is 13.0. The SMILES string of the molecule is CC(=O)NC[C@H]1CN(c2ccc(N3CCOCC3)c(F)c2)C(=O)O1.CC12CCC(C(S(=O)(=O)O)C1=O)C2(C)C. The van der Waals surface area contributed by atoms with Gasteiger partial charge in [0.05, 0.1) is 37.7 Å². The molecule has 4 aliphatic rings. The van der Waals surface area contributed by atoms with Gasteiger partial charge in [-0.3, -0.25) is 19.0 Å². The number of hydrogen-bond acceptors (Lipinski definition) is 8. The van der Waals surface area contributed by atoms with Gasteiger partial charge in [0.2, 0.25) is 5.91 Å². The number of ether oxygens (including phenoxy) is 2. The van der Waals surface area contributed by atoms with Crippen molar-refractivity contribution in [3.05, 3.63) is 24.0 Å². The molecule has 13 heteroatoms. The van der Waals surface area contributed by atoms with Crippen LogP contribution in [0.2, 0.25) is 0 Å². The zero-order chi connectivity index (χ0) is 28.8. The molecule has 2 heterocycles. The average Bonchev–Trinajstić information content (AvgIpc) is 3.39. The fourth-order valence-electron chi connectivity index (χ4n) is 6.17. The highest BCUT2D eigenvalue weighted by atomic mass is 32.2. The maximum absolute atomic E-state index is 14.4. The summed E-state index contributed by atoms with van der Waals surface area (Å²) in [5.41, 5.74) is 0.0344. The Morgan fingerprint density at radius 1 is 1.21 bits per heavy atom. The minimum atomic E-state index is -4.24. The van der Waals surface area contributed by atoms with Crippen molar-refractivity contribution in [3.8, 4) is 0 Å². The number of nitrogens with one attached hydrogen (secondary N) is 1. The molecule has 2 saturated heterocycles. The van der Waals surface area contributed by atoms with Crippen LogP contribution >= 0.6 is 0 Å². The number of rotatable bonds is 5. The molecule has 2 bridgehead atoms. The molecule has 2 N–H and O–H groups in total. The lowest BCUT2D eigenvalue weighted by Gasteiger charge is -2.32. The summed E-state index contributed by atoms with van der Waals surface area (Å²) < 4.78 is 56.4. The highest BCUT2D eigenvalue weighted by Gasteiger charge is 2.69. The first-order chi connectivity index (χ1) is 18.2. The molecule has 0 spiro atoms. The predicted octanol–water partition coefficient (Wildman–Crippen LogP) is 2.39. The van der Waals surface area contributed by atoms with Crippen LogP contribution in [0.25, 0.3) is 0 Å². The lowest BCUT2D eigenvalue weighted by molar-refractivity contribution is -0.128. The predicted molar refractivity (Wildman–Crippen MR) is 141 cm³/mol. The molecule has 1 aromatic carbocycles. The Kier molecular flexibility index (Phi) is 7.99. The molecule has 2 aliphatic carbocycles. The minimum Gasteiger partial charge on any atom is -0.442 e. The number of benzene rings is 1. The summed E-state index contributed by atoms with van der Waals surface area (Å²) in [5.74, 6) is -1.10. The molecular weight excluding hydrogens is 533 g/mol. The number of ketones is 1. The Hall–Kier alpha value is -2.77. The number of cyclic esters (lactones) is 1. The van der Waals surface area contributed by atoms with Crippen LogP contribution in [-0.4, -0.2) is 81.5 Å². The van der Waals surface area contributed by atoms with Crippen LogP contribution in [0.1, 0.15) is 40.5 Å². The standard InChI is InChI=1S/C16H20FN3O4.C10H16O4S/c1-11(21)18-9-13-10-20(16(22)24-13)12-2-3-15(14(17)8-12)19-4-6-23-7-5-19;1-9(2)6-4-5-10(9,3)8(11)7(6)15(12,13)14/h2-3,8,13H,4-7,9-10H2,1H3,(H,18,21);6-7H,4-5H2,1-3H3,(H,12,13,14)/t13-;/m0./s1. The number of anilines is 2. The molecule has 0 radical (unpaired) electrons. The Bertz CT molecular complexity index is 1250. The van der Waals surface area contributed by atoms with E-state index in [-0.39, 0.29) is 41.9 Å². The third kappa shape index (κ3) is 5.48. The molecule has 4 fully saturated rings. The molecular formula is C26H36FN3O8S. The van der Waals surface area contributed by atoms with E-state index in [4.69, 9.17) is 14.0 Å². The van der Waals surface area contributed by atoms with Gasteiger partial charge < -0.3 is 19.7 Å². The van der Waals surface area contributed by atoms with Gasteiger partial charge in [0.25, 0.3) is 10.1 Å². The normalized spacial score (nSPS) is 29.6. The second-order valence-corrected chi connectivity index (χ2v) is 12.8. The van der Waals surface area contributed by atoms with Crippen LogP contribution < -0.4 is 15.1 Å². The monoisotopic (exact) mass is 569 g/mol. The van der Waals surface area contributed by atoms with Crippen molar-refractivity contribution in [1.82, 2.24) is 5.32 Å². The van der Waals surface area contributed by atoms with E-state index in [0.717, 1.165) is 6.42 Å².